The number of carbonyl (C=O) groups excluding carboxylic acids is 2. The number of ketones is 1. The molecule has 3 aromatic rings. The highest BCUT2D eigenvalue weighted by molar-refractivity contribution is 6.51. The molecule has 0 saturated carbocycles. The van der Waals surface area contributed by atoms with Gasteiger partial charge in [0, 0.05) is 11.8 Å². The third-order valence-electron chi connectivity index (χ3n) is 5.39. The molecule has 1 atom stereocenters. The highest BCUT2D eigenvalue weighted by Crippen LogP contribution is 2.43. The first-order valence-electron chi connectivity index (χ1n) is 9.97. The van der Waals surface area contributed by atoms with E-state index in [0.29, 0.717) is 28.4 Å². The Labute approximate surface area is 185 Å². The summed E-state index contributed by atoms with van der Waals surface area (Å²) in [5.74, 6) is -0.555. The molecular formula is C25H22N2O5. The number of amides is 1. The summed E-state index contributed by atoms with van der Waals surface area (Å²) in [6.07, 6.45) is 1.54. The standard InChI is InChI=1S/C25H22N2O5/c1-15-7-9-16(10-8-15)23(28)21-22(17-11-12-18(31-2)19(14-17)32-3)27(25(30)24(21)29)20-6-4-5-13-26-20/h4-14,22,28H,1-3H3/b23-21-. The number of nitrogens with zero attached hydrogens (tertiary/aromatic N) is 2. The lowest BCUT2D eigenvalue weighted by atomic mass is 9.94. The Kier molecular flexibility index (Phi) is 5.64. The van der Waals surface area contributed by atoms with E-state index >= 15 is 0 Å². The summed E-state index contributed by atoms with van der Waals surface area (Å²) in [7, 11) is 3.03. The van der Waals surface area contributed by atoms with Crippen molar-refractivity contribution < 1.29 is 24.2 Å². The Morgan fingerprint density at radius 2 is 1.69 bits per heavy atom. The number of pyridine rings is 1. The smallest absolute Gasteiger partial charge is 0.301 e. The van der Waals surface area contributed by atoms with Crippen LogP contribution in [-0.4, -0.2) is 36.0 Å². The molecule has 0 aliphatic carbocycles. The van der Waals surface area contributed by atoms with Gasteiger partial charge in [0.25, 0.3) is 5.78 Å². The molecule has 2 aromatic carbocycles. The van der Waals surface area contributed by atoms with Crippen LogP contribution < -0.4 is 14.4 Å². The van der Waals surface area contributed by atoms with Gasteiger partial charge in [0.2, 0.25) is 0 Å². The highest BCUT2D eigenvalue weighted by Gasteiger charge is 2.47. The number of carbonyl (C=O) groups is 2. The monoisotopic (exact) mass is 430 g/mol. The van der Waals surface area contributed by atoms with Crippen LogP contribution in [0.5, 0.6) is 11.5 Å². The van der Waals surface area contributed by atoms with Crippen molar-refractivity contribution in [1.29, 1.82) is 0 Å². The fourth-order valence-corrected chi connectivity index (χ4v) is 3.77. The predicted octanol–water partition coefficient (Wildman–Crippen LogP) is 4.03. The van der Waals surface area contributed by atoms with Gasteiger partial charge in [-0.2, -0.15) is 0 Å². The van der Waals surface area contributed by atoms with Crippen molar-refractivity contribution in [3.63, 3.8) is 0 Å². The summed E-state index contributed by atoms with van der Waals surface area (Å²) in [5.41, 5.74) is 2.00. The van der Waals surface area contributed by atoms with Crippen LogP contribution in [-0.2, 0) is 9.59 Å². The zero-order valence-corrected chi connectivity index (χ0v) is 17.9. The number of methoxy groups -OCH3 is 2. The number of aromatic nitrogens is 1. The van der Waals surface area contributed by atoms with E-state index < -0.39 is 17.7 Å². The van der Waals surface area contributed by atoms with Crippen LogP contribution >= 0.6 is 0 Å². The van der Waals surface area contributed by atoms with Gasteiger partial charge in [-0.15, -0.1) is 0 Å². The zero-order valence-electron chi connectivity index (χ0n) is 17.9. The lowest BCUT2D eigenvalue weighted by Gasteiger charge is -2.25. The van der Waals surface area contributed by atoms with Crippen molar-refractivity contribution in [3.8, 4) is 11.5 Å². The maximum absolute atomic E-state index is 13.1. The van der Waals surface area contributed by atoms with E-state index in [1.165, 1.54) is 19.1 Å². The van der Waals surface area contributed by atoms with E-state index in [-0.39, 0.29) is 11.3 Å². The maximum atomic E-state index is 13.1. The second kappa shape index (κ2) is 8.55. The fourth-order valence-electron chi connectivity index (χ4n) is 3.77. The maximum Gasteiger partial charge on any atom is 0.301 e. The molecular weight excluding hydrogens is 408 g/mol. The van der Waals surface area contributed by atoms with Gasteiger partial charge >= 0.3 is 5.91 Å². The molecule has 1 amide bonds. The average molecular weight is 430 g/mol. The van der Waals surface area contributed by atoms with Gasteiger partial charge in [-0.05, 0) is 36.8 Å². The number of aliphatic hydroxyl groups excluding tert-OH is 1. The molecule has 2 heterocycles. The molecule has 1 aromatic heterocycles. The second-order valence-electron chi connectivity index (χ2n) is 7.34. The number of benzene rings is 2. The Morgan fingerprint density at radius 1 is 0.969 bits per heavy atom. The molecule has 7 nitrogen and oxygen atoms in total. The normalized spacial score (nSPS) is 17.5. The minimum absolute atomic E-state index is 0.0169. The summed E-state index contributed by atoms with van der Waals surface area (Å²) in [5, 5.41) is 11.1. The first kappa shape index (κ1) is 21.1. The Hall–Kier alpha value is -4.13. The molecule has 1 aliphatic heterocycles. The molecule has 4 rings (SSSR count). The molecule has 1 aliphatic rings. The average Bonchev–Trinajstić information content (AvgIpc) is 3.09. The van der Waals surface area contributed by atoms with Gasteiger partial charge in [0.15, 0.2) is 11.5 Å². The minimum atomic E-state index is -0.897. The lowest BCUT2D eigenvalue weighted by molar-refractivity contribution is -0.132. The number of rotatable bonds is 5. The van der Waals surface area contributed by atoms with E-state index in [9.17, 15) is 14.7 Å². The third kappa shape index (κ3) is 3.58. The van der Waals surface area contributed by atoms with Crippen LogP contribution in [0, 0.1) is 6.92 Å². The molecule has 7 heteroatoms. The number of aliphatic hydroxyl groups is 1. The van der Waals surface area contributed by atoms with Gasteiger partial charge < -0.3 is 14.6 Å². The minimum Gasteiger partial charge on any atom is -0.507 e. The molecule has 1 unspecified atom stereocenters. The molecule has 1 fully saturated rings. The Balaban J connectivity index is 1.96. The topological polar surface area (TPSA) is 89.0 Å². The Bertz CT molecular complexity index is 1200. The predicted molar refractivity (Wildman–Crippen MR) is 120 cm³/mol. The molecule has 32 heavy (non-hydrogen) atoms. The summed E-state index contributed by atoms with van der Waals surface area (Å²) in [4.78, 5) is 31.8. The van der Waals surface area contributed by atoms with Crippen molar-refractivity contribution in [2.24, 2.45) is 0 Å². The van der Waals surface area contributed by atoms with Crippen LogP contribution in [0.1, 0.15) is 22.7 Å². The van der Waals surface area contributed by atoms with Crippen LogP contribution in [0.3, 0.4) is 0 Å². The van der Waals surface area contributed by atoms with Crippen molar-refractivity contribution >= 4 is 23.3 Å². The van der Waals surface area contributed by atoms with Crippen LogP contribution in [0.25, 0.3) is 5.76 Å². The van der Waals surface area contributed by atoms with Gasteiger partial charge in [0.1, 0.15) is 11.6 Å². The fraction of sp³-hybridized carbons (Fsp3) is 0.160. The van der Waals surface area contributed by atoms with Crippen LogP contribution in [0.15, 0.2) is 72.4 Å². The van der Waals surface area contributed by atoms with Crippen LogP contribution in [0.4, 0.5) is 5.82 Å². The SMILES string of the molecule is COc1ccc(C2/C(=C(/O)c3ccc(C)cc3)C(=O)C(=O)N2c2ccccn2)cc1OC. The van der Waals surface area contributed by atoms with Crippen LogP contribution in [0.2, 0.25) is 0 Å². The van der Waals surface area contributed by atoms with Crippen molar-refractivity contribution in [2.75, 3.05) is 19.1 Å². The van der Waals surface area contributed by atoms with E-state index in [4.69, 9.17) is 9.47 Å². The highest BCUT2D eigenvalue weighted by atomic mass is 16.5. The van der Waals surface area contributed by atoms with E-state index in [1.807, 2.05) is 19.1 Å². The van der Waals surface area contributed by atoms with E-state index in [0.717, 1.165) is 5.56 Å². The van der Waals surface area contributed by atoms with E-state index in [2.05, 4.69) is 4.98 Å². The first-order chi connectivity index (χ1) is 15.5. The number of anilines is 1. The number of Topliss-reactive ketones (excluding diaryl/α,β-unsaturated/α-hetero) is 1. The van der Waals surface area contributed by atoms with Crippen molar-refractivity contribution in [2.45, 2.75) is 13.0 Å². The number of aryl methyl sites for hydroxylation is 1. The Morgan fingerprint density at radius 3 is 2.31 bits per heavy atom. The van der Waals surface area contributed by atoms with Gasteiger partial charge in [-0.1, -0.05) is 42.0 Å². The second-order valence-corrected chi connectivity index (χ2v) is 7.34. The summed E-state index contributed by atoms with van der Waals surface area (Å²) >= 11 is 0. The third-order valence-corrected chi connectivity index (χ3v) is 5.39. The largest absolute Gasteiger partial charge is 0.507 e. The number of hydrogen-bond acceptors (Lipinski definition) is 6. The number of hydrogen-bond donors (Lipinski definition) is 1. The molecule has 0 radical (unpaired) electrons. The van der Waals surface area contributed by atoms with Gasteiger partial charge in [-0.25, -0.2) is 4.98 Å². The molecule has 162 valence electrons. The summed E-state index contributed by atoms with van der Waals surface area (Å²) in [6, 6.07) is 16.4. The van der Waals surface area contributed by atoms with Gasteiger partial charge in [0.05, 0.1) is 25.8 Å². The van der Waals surface area contributed by atoms with Crippen molar-refractivity contribution in [3.05, 3.63) is 89.1 Å². The van der Waals surface area contributed by atoms with Crippen molar-refractivity contribution in [1.82, 2.24) is 4.98 Å². The molecule has 1 N–H and O–H groups in total. The first-order valence-corrected chi connectivity index (χ1v) is 9.97. The summed E-state index contributed by atoms with van der Waals surface area (Å²) in [6.45, 7) is 1.92. The van der Waals surface area contributed by atoms with Gasteiger partial charge in [-0.3, -0.25) is 14.5 Å². The number of ether oxygens (including phenoxy) is 2. The van der Waals surface area contributed by atoms with E-state index in [1.54, 1.807) is 54.7 Å². The molecule has 1 saturated heterocycles. The zero-order chi connectivity index (χ0) is 22.8. The molecule has 0 bridgehead atoms. The lowest BCUT2D eigenvalue weighted by Crippen LogP contribution is -2.30. The quantitative estimate of drug-likeness (QED) is 0.373. The molecule has 0 spiro atoms. The summed E-state index contributed by atoms with van der Waals surface area (Å²) < 4.78 is 10.7.